The number of hydrogen-bond acceptors (Lipinski definition) is 3. The highest BCUT2D eigenvalue weighted by Crippen LogP contribution is 2.16. The number of rotatable bonds is 4. The van der Waals surface area contributed by atoms with E-state index in [0.717, 1.165) is 13.0 Å². The first-order valence-corrected chi connectivity index (χ1v) is 5.67. The lowest BCUT2D eigenvalue weighted by Crippen LogP contribution is -2.47. The SMILES string of the molecule is CC(C)COC(=O)NCC1(C)CCCN1. The van der Waals surface area contributed by atoms with Gasteiger partial charge in [-0.05, 0) is 32.2 Å². The summed E-state index contributed by atoms with van der Waals surface area (Å²) in [7, 11) is 0. The van der Waals surface area contributed by atoms with E-state index < -0.39 is 0 Å². The van der Waals surface area contributed by atoms with Crippen LogP contribution < -0.4 is 10.6 Å². The Balaban J connectivity index is 2.16. The number of carbonyl (C=O) groups excluding carboxylic acids is 1. The molecule has 0 bridgehead atoms. The smallest absolute Gasteiger partial charge is 0.407 e. The van der Waals surface area contributed by atoms with Gasteiger partial charge in [0.25, 0.3) is 0 Å². The first kappa shape index (κ1) is 12.3. The molecule has 0 aliphatic carbocycles. The Morgan fingerprint density at radius 1 is 1.60 bits per heavy atom. The monoisotopic (exact) mass is 214 g/mol. The van der Waals surface area contributed by atoms with Gasteiger partial charge >= 0.3 is 6.09 Å². The number of carbonyl (C=O) groups is 1. The standard InChI is InChI=1S/C11H22N2O2/c1-9(2)7-15-10(14)12-8-11(3)5-4-6-13-11/h9,13H,4-8H2,1-3H3,(H,12,14). The van der Waals surface area contributed by atoms with Gasteiger partial charge in [-0.15, -0.1) is 0 Å². The summed E-state index contributed by atoms with van der Waals surface area (Å²) in [6, 6.07) is 0. The maximum atomic E-state index is 11.3. The van der Waals surface area contributed by atoms with Crippen molar-refractivity contribution in [2.75, 3.05) is 19.7 Å². The van der Waals surface area contributed by atoms with E-state index in [4.69, 9.17) is 4.74 Å². The fourth-order valence-corrected chi connectivity index (χ4v) is 1.67. The van der Waals surface area contributed by atoms with Crippen LogP contribution in [0.2, 0.25) is 0 Å². The van der Waals surface area contributed by atoms with Crippen LogP contribution in [0.25, 0.3) is 0 Å². The summed E-state index contributed by atoms with van der Waals surface area (Å²) in [6.07, 6.45) is 1.98. The molecular formula is C11H22N2O2. The lowest BCUT2D eigenvalue weighted by Gasteiger charge is -2.24. The molecular weight excluding hydrogens is 192 g/mol. The number of nitrogens with one attached hydrogen (secondary N) is 2. The van der Waals surface area contributed by atoms with Crippen LogP contribution in [-0.4, -0.2) is 31.3 Å². The van der Waals surface area contributed by atoms with Gasteiger partial charge in [-0.25, -0.2) is 4.79 Å². The van der Waals surface area contributed by atoms with Crippen molar-refractivity contribution in [2.45, 2.75) is 39.2 Å². The molecule has 0 spiro atoms. The highest BCUT2D eigenvalue weighted by atomic mass is 16.5. The minimum atomic E-state index is -0.307. The van der Waals surface area contributed by atoms with E-state index in [1.165, 1.54) is 6.42 Å². The zero-order valence-electron chi connectivity index (χ0n) is 9.93. The van der Waals surface area contributed by atoms with Crippen LogP contribution in [0.3, 0.4) is 0 Å². The number of alkyl carbamates (subject to hydrolysis) is 1. The summed E-state index contributed by atoms with van der Waals surface area (Å²) in [5.74, 6) is 0.385. The molecule has 1 heterocycles. The molecule has 1 amide bonds. The lowest BCUT2D eigenvalue weighted by atomic mass is 10.0. The van der Waals surface area contributed by atoms with Crippen LogP contribution in [0.15, 0.2) is 0 Å². The van der Waals surface area contributed by atoms with Crippen molar-refractivity contribution in [3.05, 3.63) is 0 Å². The van der Waals surface area contributed by atoms with E-state index in [9.17, 15) is 4.79 Å². The first-order valence-electron chi connectivity index (χ1n) is 5.67. The van der Waals surface area contributed by atoms with Crippen LogP contribution in [0.4, 0.5) is 4.79 Å². The van der Waals surface area contributed by atoms with E-state index in [2.05, 4.69) is 17.6 Å². The van der Waals surface area contributed by atoms with Crippen LogP contribution in [0, 0.1) is 5.92 Å². The highest BCUT2D eigenvalue weighted by molar-refractivity contribution is 5.67. The third-order valence-corrected chi connectivity index (χ3v) is 2.63. The van der Waals surface area contributed by atoms with Crippen molar-refractivity contribution >= 4 is 6.09 Å². The van der Waals surface area contributed by atoms with Gasteiger partial charge in [0.05, 0.1) is 6.61 Å². The molecule has 2 N–H and O–H groups in total. The van der Waals surface area contributed by atoms with Crippen LogP contribution in [0.5, 0.6) is 0 Å². The van der Waals surface area contributed by atoms with Gasteiger partial charge < -0.3 is 15.4 Å². The fourth-order valence-electron chi connectivity index (χ4n) is 1.67. The molecule has 1 atom stereocenters. The minimum absolute atomic E-state index is 0.0524. The summed E-state index contributed by atoms with van der Waals surface area (Å²) in [5, 5.41) is 6.18. The maximum absolute atomic E-state index is 11.3. The Labute approximate surface area is 91.8 Å². The first-order chi connectivity index (χ1) is 7.02. The van der Waals surface area contributed by atoms with Gasteiger partial charge in [-0.1, -0.05) is 13.8 Å². The summed E-state index contributed by atoms with van der Waals surface area (Å²) < 4.78 is 5.03. The molecule has 88 valence electrons. The Hall–Kier alpha value is -0.770. The number of hydrogen-bond donors (Lipinski definition) is 2. The molecule has 0 radical (unpaired) electrons. The van der Waals surface area contributed by atoms with Gasteiger partial charge in [-0.2, -0.15) is 0 Å². The Kier molecular flexibility index (Phi) is 4.39. The molecule has 1 aliphatic rings. The van der Waals surface area contributed by atoms with Gasteiger partial charge in [0.15, 0.2) is 0 Å². The molecule has 0 aromatic carbocycles. The summed E-state index contributed by atoms with van der Waals surface area (Å²) in [4.78, 5) is 11.3. The Morgan fingerprint density at radius 3 is 2.87 bits per heavy atom. The van der Waals surface area contributed by atoms with Crippen molar-refractivity contribution in [1.82, 2.24) is 10.6 Å². The van der Waals surface area contributed by atoms with Crippen molar-refractivity contribution in [1.29, 1.82) is 0 Å². The maximum Gasteiger partial charge on any atom is 0.407 e. The van der Waals surface area contributed by atoms with Gasteiger partial charge in [0, 0.05) is 12.1 Å². The molecule has 0 aromatic rings. The quantitative estimate of drug-likeness (QED) is 0.746. The zero-order valence-corrected chi connectivity index (χ0v) is 9.93. The van der Waals surface area contributed by atoms with Crippen LogP contribution in [-0.2, 0) is 4.74 Å². The second-order valence-corrected chi connectivity index (χ2v) is 4.94. The van der Waals surface area contributed by atoms with Crippen LogP contribution >= 0.6 is 0 Å². The van der Waals surface area contributed by atoms with Crippen molar-refractivity contribution in [3.8, 4) is 0 Å². The average Bonchev–Trinajstić information content (AvgIpc) is 2.60. The molecule has 1 rings (SSSR count). The lowest BCUT2D eigenvalue weighted by molar-refractivity contribution is 0.130. The second kappa shape index (κ2) is 5.35. The second-order valence-electron chi connectivity index (χ2n) is 4.94. The topological polar surface area (TPSA) is 50.4 Å². The van der Waals surface area contributed by atoms with Gasteiger partial charge in [0.2, 0.25) is 0 Å². The predicted octanol–water partition coefficient (Wildman–Crippen LogP) is 1.51. The summed E-state index contributed by atoms with van der Waals surface area (Å²) >= 11 is 0. The van der Waals surface area contributed by atoms with Gasteiger partial charge in [0.1, 0.15) is 0 Å². The third-order valence-electron chi connectivity index (χ3n) is 2.63. The molecule has 4 heteroatoms. The van der Waals surface area contributed by atoms with Crippen molar-refractivity contribution in [3.63, 3.8) is 0 Å². The Bertz CT molecular complexity index is 211. The average molecular weight is 214 g/mol. The van der Waals surface area contributed by atoms with Crippen LogP contribution in [0.1, 0.15) is 33.6 Å². The molecule has 4 nitrogen and oxygen atoms in total. The minimum Gasteiger partial charge on any atom is -0.449 e. The number of ether oxygens (including phenoxy) is 1. The predicted molar refractivity (Wildman–Crippen MR) is 59.8 cm³/mol. The highest BCUT2D eigenvalue weighted by Gasteiger charge is 2.28. The fraction of sp³-hybridized carbons (Fsp3) is 0.909. The molecule has 1 aliphatic heterocycles. The number of amides is 1. The van der Waals surface area contributed by atoms with E-state index in [1.54, 1.807) is 0 Å². The van der Waals surface area contributed by atoms with Crippen molar-refractivity contribution < 1.29 is 9.53 Å². The van der Waals surface area contributed by atoms with E-state index in [1.807, 2.05) is 13.8 Å². The third kappa shape index (κ3) is 4.51. The van der Waals surface area contributed by atoms with E-state index >= 15 is 0 Å². The zero-order chi connectivity index (χ0) is 11.3. The van der Waals surface area contributed by atoms with E-state index in [0.29, 0.717) is 19.1 Å². The largest absolute Gasteiger partial charge is 0.449 e. The molecule has 0 aromatic heterocycles. The molecule has 1 saturated heterocycles. The summed E-state index contributed by atoms with van der Waals surface area (Å²) in [5.41, 5.74) is 0.0524. The molecule has 15 heavy (non-hydrogen) atoms. The normalized spacial score (nSPS) is 25.6. The van der Waals surface area contributed by atoms with E-state index in [-0.39, 0.29) is 11.6 Å². The molecule has 1 fully saturated rings. The van der Waals surface area contributed by atoms with Gasteiger partial charge in [-0.3, -0.25) is 0 Å². The summed E-state index contributed by atoms with van der Waals surface area (Å²) in [6.45, 7) is 8.34. The molecule has 1 unspecified atom stereocenters. The van der Waals surface area contributed by atoms with Crippen molar-refractivity contribution in [2.24, 2.45) is 5.92 Å². The molecule has 0 saturated carbocycles. The Morgan fingerprint density at radius 2 is 2.33 bits per heavy atom.